The zero-order valence-corrected chi connectivity index (χ0v) is 32.4. The lowest BCUT2D eigenvalue weighted by Gasteiger charge is -2.36. The third kappa shape index (κ3) is 7.21. The van der Waals surface area contributed by atoms with Crippen molar-refractivity contribution >= 4 is 22.8 Å². The summed E-state index contributed by atoms with van der Waals surface area (Å²) in [5.74, 6) is 0.393. The SMILES string of the molecule is Fc1cc(N2[C@@H](c3ccc(C4=CCC([C@@H]5CCCN5)=N4)cc3)CC[C@@H]2c2ccc(-c3cnc([C@@H]4CCCN4)[nH]3)cc2)cc(F)c1N1CCC(c2ccccc2)CC1. The largest absolute Gasteiger partial charge is 0.367 e. The van der Waals surface area contributed by atoms with Gasteiger partial charge in [0.1, 0.15) is 11.5 Å². The molecule has 0 saturated carbocycles. The van der Waals surface area contributed by atoms with Crippen LogP contribution in [0.25, 0.3) is 17.0 Å². The first-order valence-corrected chi connectivity index (χ1v) is 21.1. The number of rotatable bonds is 9. The number of hydrogen-bond acceptors (Lipinski definition) is 6. The molecule has 3 N–H and O–H groups in total. The van der Waals surface area contributed by atoms with Gasteiger partial charge in [-0.2, -0.15) is 0 Å². The minimum atomic E-state index is -0.497. The highest BCUT2D eigenvalue weighted by Crippen LogP contribution is 2.48. The first-order chi connectivity index (χ1) is 28.1. The van der Waals surface area contributed by atoms with Gasteiger partial charge in [0.05, 0.1) is 35.7 Å². The quantitative estimate of drug-likeness (QED) is 0.140. The standard InChI is InChI=1S/C48H51F2N7/c49-38-28-37(29-39(50)47(38)56-26-22-32(23-27-56)31-6-2-1-3-7-31)57-45(35-14-10-33(11-15-35)40-18-19-42(54-40)41-8-4-24-51-41)20-21-46(57)36-16-12-34(13-17-36)44-30-53-48(55-44)43-9-5-25-52-43/h1-3,6-7,10-18,28-30,32,41,43,45-46,51-52H,4-5,8-9,19-27H2,(H,53,55)/t41-,43-,45+,46+/m0/s1. The van der Waals surface area contributed by atoms with Gasteiger partial charge in [-0.05, 0) is 110 Å². The Hall–Kier alpha value is -5.12. The van der Waals surface area contributed by atoms with Gasteiger partial charge in [0.25, 0.3) is 0 Å². The van der Waals surface area contributed by atoms with Crippen LogP contribution in [0.4, 0.5) is 20.2 Å². The van der Waals surface area contributed by atoms with E-state index in [9.17, 15) is 0 Å². The molecule has 5 aliphatic heterocycles. The zero-order chi connectivity index (χ0) is 38.3. The summed E-state index contributed by atoms with van der Waals surface area (Å²) in [6, 6.07) is 31.5. The second-order valence-electron chi connectivity index (χ2n) is 16.6. The molecule has 9 heteroatoms. The summed E-state index contributed by atoms with van der Waals surface area (Å²) in [6.45, 7) is 3.32. The molecule has 5 aromatic rings. The van der Waals surface area contributed by atoms with Crippen molar-refractivity contribution in [2.75, 3.05) is 36.0 Å². The van der Waals surface area contributed by atoms with Gasteiger partial charge < -0.3 is 25.4 Å². The van der Waals surface area contributed by atoms with Crippen LogP contribution in [0.1, 0.15) is 110 Å². The Morgan fingerprint density at radius 1 is 0.649 bits per heavy atom. The van der Waals surface area contributed by atoms with Crippen LogP contribution in [-0.2, 0) is 0 Å². The Bertz CT molecular complexity index is 2220. The van der Waals surface area contributed by atoms with Crippen LogP contribution in [0.5, 0.6) is 0 Å². The monoisotopic (exact) mass is 763 g/mol. The molecule has 0 amide bonds. The maximum Gasteiger partial charge on any atom is 0.151 e. The van der Waals surface area contributed by atoms with Gasteiger partial charge >= 0.3 is 0 Å². The number of benzene rings is 4. The van der Waals surface area contributed by atoms with Crippen LogP contribution in [0.15, 0.2) is 108 Å². The molecule has 4 saturated heterocycles. The molecule has 5 aliphatic rings. The van der Waals surface area contributed by atoms with Crippen molar-refractivity contribution in [2.24, 2.45) is 4.99 Å². The molecule has 7 nitrogen and oxygen atoms in total. The number of imidazole rings is 1. The van der Waals surface area contributed by atoms with Crippen molar-refractivity contribution in [2.45, 2.75) is 87.9 Å². The fourth-order valence-corrected chi connectivity index (χ4v) is 10.1. The summed E-state index contributed by atoms with van der Waals surface area (Å²) in [5, 5.41) is 7.11. The molecular formula is C48H51F2N7. The number of piperidine rings is 1. The van der Waals surface area contributed by atoms with E-state index < -0.39 is 11.6 Å². The third-order valence-corrected chi connectivity index (χ3v) is 13.2. The molecule has 57 heavy (non-hydrogen) atoms. The van der Waals surface area contributed by atoms with E-state index in [1.807, 2.05) is 17.2 Å². The van der Waals surface area contributed by atoms with Crippen molar-refractivity contribution in [3.63, 3.8) is 0 Å². The summed E-state index contributed by atoms with van der Waals surface area (Å²) < 4.78 is 32.8. The lowest BCUT2D eigenvalue weighted by Crippen LogP contribution is -2.34. The molecule has 0 aliphatic carbocycles. The topological polar surface area (TPSA) is 71.6 Å². The summed E-state index contributed by atoms with van der Waals surface area (Å²) in [6.07, 6.45) is 13.1. The van der Waals surface area contributed by atoms with Crippen LogP contribution in [-0.4, -0.2) is 47.9 Å². The second kappa shape index (κ2) is 15.7. The highest BCUT2D eigenvalue weighted by Gasteiger charge is 2.37. The summed E-state index contributed by atoms with van der Waals surface area (Å²) in [7, 11) is 0. The molecule has 4 atom stereocenters. The number of nitrogens with zero attached hydrogens (tertiary/aromatic N) is 4. The van der Waals surface area contributed by atoms with Gasteiger partial charge in [0.15, 0.2) is 11.6 Å². The molecule has 4 aromatic carbocycles. The van der Waals surface area contributed by atoms with E-state index in [0.29, 0.717) is 30.7 Å². The van der Waals surface area contributed by atoms with Gasteiger partial charge in [0, 0.05) is 37.0 Å². The first-order valence-electron chi connectivity index (χ1n) is 21.1. The van der Waals surface area contributed by atoms with E-state index in [1.54, 1.807) is 12.1 Å². The van der Waals surface area contributed by atoms with Crippen molar-refractivity contribution in [1.29, 1.82) is 0 Å². The lowest BCUT2D eigenvalue weighted by atomic mass is 9.89. The third-order valence-electron chi connectivity index (χ3n) is 13.2. The number of nitrogens with one attached hydrogen (secondary N) is 3. The smallest absolute Gasteiger partial charge is 0.151 e. The minimum absolute atomic E-state index is 0.0524. The molecule has 0 bridgehead atoms. The highest BCUT2D eigenvalue weighted by atomic mass is 19.1. The van der Waals surface area contributed by atoms with Crippen molar-refractivity contribution in [3.05, 3.63) is 143 Å². The normalized spacial score (nSPS) is 24.0. The predicted octanol–water partition coefficient (Wildman–Crippen LogP) is 10.2. The second-order valence-corrected chi connectivity index (χ2v) is 16.6. The van der Waals surface area contributed by atoms with E-state index in [2.05, 4.69) is 104 Å². The number of anilines is 2. The summed E-state index contributed by atoms with van der Waals surface area (Å²) >= 11 is 0. The fourth-order valence-electron chi connectivity index (χ4n) is 10.1. The first kappa shape index (κ1) is 36.2. The molecule has 0 spiro atoms. The van der Waals surface area contributed by atoms with E-state index in [4.69, 9.17) is 4.99 Å². The molecule has 4 fully saturated rings. The van der Waals surface area contributed by atoms with Gasteiger partial charge in [-0.3, -0.25) is 4.99 Å². The van der Waals surface area contributed by atoms with Crippen LogP contribution in [0.3, 0.4) is 0 Å². The van der Waals surface area contributed by atoms with Crippen molar-refractivity contribution in [3.8, 4) is 11.3 Å². The number of hydrogen-bond donors (Lipinski definition) is 3. The summed E-state index contributed by atoms with van der Waals surface area (Å²) in [5.41, 5.74) is 9.66. The number of aliphatic imine (C=N–C) groups is 1. The Morgan fingerprint density at radius 3 is 1.91 bits per heavy atom. The van der Waals surface area contributed by atoms with Crippen LogP contribution in [0.2, 0.25) is 0 Å². The number of H-pyrrole nitrogens is 1. The summed E-state index contributed by atoms with van der Waals surface area (Å²) in [4.78, 5) is 17.4. The van der Waals surface area contributed by atoms with E-state index in [1.165, 1.54) is 17.7 Å². The fraction of sp³-hybridized carbons (Fsp3) is 0.375. The lowest BCUT2D eigenvalue weighted by molar-refractivity contribution is 0.486. The van der Waals surface area contributed by atoms with Crippen LogP contribution in [0, 0.1) is 11.6 Å². The van der Waals surface area contributed by atoms with Gasteiger partial charge in [-0.1, -0.05) is 84.9 Å². The minimum Gasteiger partial charge on any atom is -0.367 e. The number of allylic oxidation sites excluding steroid dienone is 1. The van der Waals surface area contributed by atoms with Gasteiger partial charge in [-0.25, -0.2) is 13.8 Å². The molecule has 6 heterocycles. The van der Waals surface area contributed by atoms with Crippen LogP contribution >= 0.6 is 0 Å². The Morgan fingerprint density at radius 2 is 1.28 bits per heavy atom. The predicted molar refractivity (Wildman–Crippen MR) is 226 cm³/mol. The highest BCUT2D eigenvalue weighted by molar-refractivity contribution is 5.99. The zero-order valence-electron chi connectivity index (χ0n) is 32.4. The Labute approximate surface area is 334 Å². The maximum absolute atomic E-state index is 16.4. The average Bonchev–Trinajstić information content (AvgIpc) is 4.11. The van der Waals surface area contributed by atoms with Crippen molar-refractivity contribution in [1.82, 2.24) is 20.6 Å². The van der Waals surface area contributed by atoms with Crippen LogP contribution < -0.4 is 20.4 Å². The number of aromatic amines is 1. The molecular weight excluding hydrogens is 713 g/mol. The van der Waals surface area contributed by atoms with E-state index in [-0.39, 0.29) is 23.8 Å². The number of halogens is 2. The molecule has 1 aromatic heterocycles. The van der Waals surface area contributed by atoms with Crippen molar-refractivity contribution < 1.29 is 8.78 Å². The Kier molecular flexibility index (Phi) is 9.96. The number of aromatic nitrogens is 2. The van der Waals surface area contributed by atoms with E-state index in [0.717, 1.165) is 104 Å². The molecule has 0 radical (unpaired) electrons. The molecule has 0 unspecified atom stereocenters. The van der Waals surface area contributed by atoms with Gasteiger partial charge in [-0.15, -0.1) is 0 Å². The Balaban J connectivity index is 0.933. The molecule has 292 valence electrons. The van der Waals surface area contributed by atoms with E-state index >= 15 is 8.78 Å². The molecule has 10 rings (SSSR count). The maximum atomic E-state index is 16.4. The van der Waals surface area contributed by atoms with Gasteiger partial charge in [0.2, 0.25) is 0 Å². The average molecular weight is 764 g/mol.